The number of hydrogen-bond acceptors (Lipinski definition) is 5. The molecule has 2 unspecified atom stereocenters. The van der Waals surface area contributed by atoms with Gasteiger partial charge in [-0.3, -0.25) is 0 Å². The zero-order chi connectivity index (χ0) is 15.6. The molecule has 5 nitrogen and oxygen atoms in total. The lowest BCUT2D eigenvalue weighted by Gasteiger charge is -2.31. The Balaban J connectivity index is 2.38. The molecule has 1 aliphatic rings. The van der Waals surface area contributed by atoms with Crippen LogP contribution in [0.2, 0.25) is 6.04 Å². The highest BCUT2D eigenvalue weighted by atomic mass is 28.4. The van der Waals surface area contributed by atoms with Crippen LogP contribution in [0.3, 0.4) is 0 Å². The molecule has 0 N–H and O–H groups in total. The van der Waals surface area contributed by atoms with Gasteiger partial charge < -0.3 is 22.8 Å². The summed E-state index contributed by atoms with van der Waals surface area (Å²) < 4.78 is 28.8. The van der Waals surface area contributed by atoms with E-state index in [9.17, 15) is 0 Å². The zero-order valence-electron chi connectivity index (χ0n) is 14.1. The van der Waals surface area contributed by atoms with Gasteiger partial charge in [-0.25, -0.2) is 0 Å². The molecule has 0 spiro atoms. The van der Waals surface area contributed by atoms with Crippen molar-refractivity contribution in [2.45, 2.75) is 65.2 Å². The molecule has 1 saturated heterocycles. The second-order valence-electron chi connectivity index (χ2n) is 5.40. The van der Waals surface area contributed by atoms with Crippen LogP contribution in [0.5, 0.6) is 0 Å². The van der Waals surface area contributed by atoms with E-state index in [2.05, 4.69) is 13.8 Å². The topological polar surface area (TPSA) is 49.5 Å². The van der Waals surface area contributed by atoms with Gasteiger partial charge in [0.2, 0.25) is 0 Å². The lowest BCUT2D eigenvalue weighted by molar-refractivity contribution is 0.0321. The highest BCUT2D eigenvalue weighted by Crippen LogP contribution is 2.22. The van der Waals surface area contributed by atoms with Crippen molar-refractivity contribution in [1.29, 1.82) is 0 Å². The van der Waals surface area contributed by atoms with Crippen molar-refractivity contribution < 1.29 is 22.8 Å². The second-order valence-corrected chi connectivity index (χ2v) is 8.08. The van der Waals surface area contributed by atoms with Gasteiger partial charge in [0.1, 0.15) is 6.10 Å². The summed E-state index contributed by atoms with van der Waals surface area (Å²) in [5.74, 6) is 0. The first-order chi connectivity index (χ1) is 10.2. The van der Waals surface area contributed by atoms with E-state index in [0.29, 0.717) is 32.5 Å². The number of hydrogen-bond donors (Lipinski definition) is 0. The summed E-state index contributed by atoms with van der Waals surface area (Å²) in [5, 5.41) is 0. The maximum Gasteiger partial charge on any atom is 0.501 e. The molecule has 1 rings (SSSR count). The van der Waals surface area contributed by atoms with Crippen LogP contribution < -0.4 is 0 Å². The summed E-state index contributed by atoms with van der Waals surface area (Å²) in [6.45, 7) is 11.8. The Labute approximate surface area is 130 Å². The van der Waals surface area contributed by atoms with Crippen molar-refractivity contribution in [1.82, 2.24) is 0 Å². The third kappa shape index (κ3) is 8.28. The molecule has 0 saturated carbocycles. The molecule has 0 radical (unpaired) electrons. The van der Waals surface area contributed by atoms with E-state index in [-0.39, 0.29) is 6.10 Å². The Hall–Kier alpha value is 0.0169. The standard InChI is InChI=1S/C15H32O5Si/c1-5-9-14(4)20-21(18-6-2,19-7-3)11-8-10-16-12-15-13-17-15/h14-15H,5-13H2,1-4H3. The van der Waals surface area contributed by atoms with Crippen LogP contribution in [0.4, 0.5) is 0 Å². The molecule has 0 aliphatic carbocycles. The molecule has 1 heterocycles. The largest absolute Gasteiger partial charge is 0.501 e. The average Bonchev–Trinajstić information content (AvgIpc) is 3.23. The van der Waals surface area contributed by atoms with Gasteiger partial charge in [0, 0.05) is 32.0 Å². The minimum atomic E-state index is -2.57. The molecule has 1 aliphatic heterocycles. The molecular formula is C15H32O5Si. The molecule has 21 heavy (non-hydrogen) atoms. The Bertz CT molecular complexity index is 254. The predicted octanol–water partition coefficient (Wildman–Crippen LogP) is 3.01. The van der Waals surface area contributed by atoms with Gasteiger partial charge >= 0.3 is 8.80 Å². The van der Waals surface area contributed by atoms with Crippen molar-refractivity contribution in [3.63, 3.8) is 0 Å². The van der Waals surface area contributed by atoms with Crippen molar-refractivity contribution in [3.05, 3.63) is 0 Å². The maximum atomic E-state index is 6.21. The second kappa shape index (κ2) is 10.7. The van der Waals surface area contributed by atoms with Crippen LogP contribution in [-0.4, -0.2) is 54.0 Å². The monoisotopic (exact) mass is 320 g/mol. The van der Waals surface area contributed by atoms with Crippen molar-refractivity contribution in [3.8, 4) is 0 Å². The van der Waals surface area contributed by atoms with Crippen molar-refractivity contribution in [2.75, 3.05) is 33.0 Å². The first kappa shape index (κ1) is 19.1. The molecule has 0 bridgehead atoms. The third-order valence-electron chi connectivity index (χ3n) is 3.28. The molecular weight excluding hydrogens is 288 g/mol. The Morgan fingerprint density at radius 3 is 2.38 bits per heavy atom. The molecule has 126 valence electrons. The van der Waals surface area contributed by atoms with Crippen molar-refractivity contribution >= 4 is 8.80 Å². The van der Waals surface area contributed by atoms with Gasteiger partial charge in [-0.2, -0.15) is 0 Å². The molecule has 0 aromatic rings. The lowest BCUT2D eigenvalue weighted by Crippen LogP contribution is -2.48. The van der Waals surface area contributed by atoms with Crippen molar-refractivity contribution in [2.24, 2.45) is 0 Å². The molecule has 0 aromatic heterocycles. The Kier molecular flexibility index (Phi) is 9.71. The Morgan fingerprint density at radius 2 is 1.86 bits per heavy atom. The molecule has 0 amide bonds. The number of ether oxygens (including phenoxy) is 2. The van der Waals surface area contributed by atoms with Gasteiger partial charge in [0.25, 0.3) is 0 Å². The van der Waals surface area contributed by atoms with Gasteiger partial charge in [0.15, 0.2) is 0 Å². The van der Waals surface area contributed by atoms with E-state index in [1.807, 2.05) is 13.8 Å². The van der Waals surface area contributed by atoms with E-state index < -0.39 is 8.80 Å². The van der Waals surface area contributed by atoms with Crippen LogP contribution in [-0.2, 0) is 22.8 Å². The number of epoxide rings is 1. The van der Waals surface area contributed by atoms with Crippen LogP contribution in [0.25, 0.3) is 0 Å². The minimum Gasteiger partial charge on any atom is -0.379 e. The van der Waals surface area contributed by atoms with E-state index in [1.54, 1.807) is 0 Å². The summed E-state index contributed by atoms with van der Waals surface area (Å²) in [6.07, 6.45) is 3.54. The average molecular weight is 321 g/mol. The van der Waals surface area contributed by atoms with Crippen LogP contribution in [0, 0.1) is 0 Å². The fraction of sp³-hybridized carbons (Fsp3) is 1.00. The number of rotatable bonds is 14. The third-order valence-corrected chi connectivity index (χ3v) is 6.47. The van der Waals surface area contributed by atoms with E-state index in [0.717, 1.165) is 31.9 Å². The van der Waals surface area contributed by atoms with Crippen LogP contribution in [0.15, 0.2) is 0 Å². The SMILES string of the molecule is CCCC(C)O[Si](CCCOCC1CO1)(OCC)OCC. The molecule has 6 heteroatoms. The summed E-state index contributed by atoms with van der Waals surface area (Å²) in [7, 11) is -2.57. The highest BCUT2D eigenvalue weighted by molar-refractivity contribution is 6.60. The molecule has 2 atom stereocenters. The van der Waals surface area contributed by atoms with E-state index in [4.69, 9.17) is 22.8 Å². The Morgan fingerprint density at radius 1 is 1.19 bits per heavy atom. The highest BCUT2D eigenvalue weighted by Gasteiger charge is 2.41. The summed E-state index contributed by atoms with van der Waals surface area (Å²) in [5.41, 5.74) is 0. The lowest BCUT2D eigenvalue weighted by atomic mass is 10.2. The molecule has 1 fully saturated rings. The fourth-order valence-corrected chi connectivity index (χ4v) is 5.11. The van der Waals surface area contributed by atoms with E-state index in [1.165, 1.54) is 0 Å². The first-order valence-electron chi connectivity index (χ1n) is 8.30. The van der Waals surface area contributed by atoms with Gasteiger partial charge in [-0.15, -0.1) is 0 Å². The van der Waals surface area contributed by atoms with Gasteiger partial charge in [-0.1, -0.05) is 13.3 Å². The quantitative estimate of drug-likeness (QED) is 0.280. The van der Waals surface area contributed by atoms with Crippen LogP contribution >= 0.6 is 0 Å². The van der Waals surface area contributed by atoms with Crippen LogP contribution in [0.1, 0.15) is 47.0 Å². The maximum absolute atomic E-state index is 6.21. The molecule has 0 aromatic carbocycles. The minimum absolute atomic E-state index is 0.181. The van der Waals surface area contributed by atoms with Gasteiger partial charge in [-0.05, 0) is 33.6 Å². The zero-order valence-corrected chi connectivity index (χ0v) is 15.1. The summed E-state index contributed by atoms with van der Waals surface area (Å²) in [6, 6.07) is 0.814. The normalized spacial score (nSPS) is 19.7. The van der Waals surface area contributed by atoms with Gasteiger partial charge in [0.05, 0.1) is 13.2 Å². The fourth-order valence-electron chi connectivity index (χ4n) is 2.29. The smallest absolute Gasteiger partial charge is 0.379 e. The predicted molar refractivity (Wildman–Crippen MR) is 84.4 cm³/mol. The first-order valence-corrected chi connectivity index (χ1v) is 10.2. The summed E-state index contributed by atoms with van der Waals surface area (Å²) in [4.78, 5) is 0. The van der Waals surface area contributed by atoms with E-state index >= 15 is 0 Å². The summed E-state index contributed by atoms with van der Waals surface area (Å²) >= 11 is 0.